The number of anilines is 2. The molecule has 1 saturated heterocycles. The highest BCUT2D eigenvalue weighted by molar-refractivity contribution is 5.93. The highest BCUT2D eigenvalue weighted by Gasteiger charge is 2.26. The molecule has 4 rings (SSSR count). The number of nitrogens with one attached hydrogen (secondary N) is 1. The number of hydrogen-bond acceptors (Lipinski definition) is 6. The second-order valence-electron chi connectivity index (χ2n) is 7.82. The van der Waals surface area contributed by atoms with Crippen molar-refractivity contribution in [2.45, 2.75) is 19.4 Å². The first kappa shape index (κ1) is 20.8. The molecule has 7 nitrogen and oxygen atoms in total. The minimum atomic E-state index is -0.0403. The van der Waals surface area contributed by atoms with Gasteiger partial charge >= 0.3 is 0 Å². The van der Waals surface area contributed by atoms with E-state index in [0.717, 1.165) is 60.6 Å². The number of likely N-dealkylation sites (tertiary alicyclic amines) is 1. The summed E-state index contributed by atoms with van der Waals surface area (Å²) >= 11 is 0. The summed E-state index contributed by atoms with van der Waals surface area (Å²) in [4.78, 5) is 23.2. The predicted octanol–water partition coefficient (Wildman–Crippen LogP) is 3.59. The zero-order valence-corrected chi connectivity index (χ0v) is 17.6. The van der Waals surface area contributed by atoms with Crippen LogP contribution >= 0.6 is 0 Å². The highest BCUT2D eigenvalue weighted by Crippen LogP contribution is 2.26. The third-order valence-corrected chi connectivity index (χ3v) is 5.56. The van der Waals surface area contributed by atoms with Crippen molar-refractivity contribution >= 4 is 17.5 Å². The Hall–Kier alpha value is -3.45. The van der Waals surface area contributed by atoms with Crippen LogP contribution in [0.5, 0.6) is 5.75 Å². The first-order valence-electron chi connectivity index (χ1n) is 10.4. The van der Waals surface area contributed by atoms with E-state index in [1.54, 1.807) is 19.5 Å². The van der Waals surface area contributed by atoms with Crippen LogP contribution < -0.4 is 15.8 Å². The predicted molar refractivity (Wildman–Crippen MR) is 122 cm³/mol. The molecule has 3 N–H and O–H groups in total. The Morgan fingerprint density at radius 2 is 1.94 bits per heavy atom. The fourth-order valence-corrected chi connectivity index (χ4v) is 3.91. The van der Waals surface area contributed by atoms with E-state index in [0.29, 0.717) is 0 Å². The van der Waals surface area contributed by atoms with Gasteiger partial charge in [0.05, 0.1) is 13.0 Å². The van der Waals surface area contributed by atoms with E-state index in [9.17, 15) is 4.79 Å². The lowest BCUT2D eigenvalue weighted by Crippen LogP contribution is -2.40. The number of methoxy groups -OCH3 is 1. The van der Waals surface area contributed by atoms with Gasteiger partial charge in [0.25, 0.3) is 0 Å². The molecular weight excluding hydrogens is 390 g/mol. The molecule has 0 bridgehead atoms. The van der Waals surface area contributed by atoms with Crippen molar-refractivity contribution in [3.8, 4) is 16.9 Å². The van der Waals surface area contributed by atoms with Crippen molar-refractivity contribution in [3.63, 3.8) is 0 Å². The van der Waals surface area contributed by atoms with Gasteiger partial charge in [-0.1, -0.05) is 24.3 Å². The van der Waals surface area contributed by atoms with Crippen LogP contribution in [-0.4, -0.2) is 41.0 Å². The molecule has 1 fully saturated rings. The summed E-state index contributed by atoms with van der Waals surface area (Å²) < 4.78 is 5.30. The maximum atomic E-state index is 12.9. The smallest absolute Gasteiger partial charge is 0.228 e. The highest BCUT2D eigenvalue weighted by atomic mass is 16.5. The van der Waals surface area contributed by atoms with E-state index in [-0.39, 0.29) is 17.8 Å². The Kier molecular flexibility index (Phi) is 6.43. The lowest BCUT2D eigenvalue weighted by Gasteiger charge is -2.31. The van der Waals surface area contributed by atoms with Crippen LogP contribution in [0.15, 0.2) is 60.9 Å². The number of carbonyl (C=O) groups excluding carboxylic acids is 1. The molecule has 1 aliphatic rings. The summed E-state index contributed by atoms with van der Waals surface area (Å²) in [5.74, 6) is 1.12. The number of ether oxygens (including phenoxy) is 1. The van der Waals surface area contributed by atoms with Crippen molar-refractivity contribution in [1.82, 2.24) is 14.9 Å². The number of carbonyl (C=O) groups is 1. The number of hydrogen-bond donors (Lipinski definition) is 2. The SMILES string of the molecule is COc1cccc(-c2ccc(NC(=O)[C@@H]3CCCN(Cc4cnc(N)nc4)C3)cc2)c1. The maximum absolute atomic E-state index is 12.9. The third-order valence-electron chi connectivity index (χ3n) is 5.56. The molecule has 160 valence electrons. The Balaban J connectivity index is 1.35. The fourth-order valence-electron chi connectivity index (χ4n) is 3.91. The van der Waals surface area contributed by atoms with Crippen LogP contribution in [-0.2, 0) is 11.3 Å². The second kappa shape index (κ2) is 9.57. The van der Waals surface area contributed by atoms with Crippen LogP contribution in [0.2, 0.25) is 0 Å². The number of benzene rings is 2. The molecule has 2 heterocycles. The second-order valence-corrected chi connectivity index (χ2v) is 7.82. The largest absolute Gasteiger partial charge is 0.497 e. The van der Waals surface area contributed by atoms with Gasteiger partial charge in [-0.05, 0) is 54.8 Å². The van der Waals surface area contributed by atoms with Crippen LogP contribution in [0.1, 0.15) is 18.4 Å². The van der Waals surface area contributed by atoms with Gasteiger partial charge in [-0.2, -0.15) is 0 Å². The van der Waals surface area contributed by atoms with Crippen LogP contribution in [0.25, 0.3) is 11.1 Å². The van der Waals surface area contributed by atoms with Crippen molar-refractivity contribution in [1.29, 1.82) is 0 Å². The van der Waals surface area contributed by atoms with E-state index < -0.39 is 0 Å². The van der Waals surface area contributed by atoms with E-state index in [1.165, 1.54) is 0 Å². The van der Waals surface area contributed by atoms with Crippen molar-refractivity contribution in [2.24, 2.45) is 5.92 Å². The molecule has 0 radical (unpaired) electrons. The Labute approximate surface area is 182 Å². The number of rotatable bonds is 6. The van der Waals surface area contributed by atoms with Crippen molar-refractivity contribution in [2.75, 3.05) is 31.2 Å². The number of piperidine rings is 1. The average molecular weight is 418 g/mol. The summed E-state index contributed by atoms with van der Waals surface area (Å²) in [7, 11) is 1.66. The van der Waals surface area contributed by atoms with Crippen LogP contribution in [0.4, 0.5) is 11.6 Å². The van der Waals surface area contributed by atoms with Gasteiger partial charge in [0.1, 0.15) is 5.75 Å². The number of amides is 1. The van der Waals surface area contributed by atoms with Crippen LogP contribution in [0.3, 0.4) is 0 Å². The van der Waals surface area contributed by atoms with Crippen LogP contribution in [0, 0.1) is 5.92 Å². The van der Waals surface area contributed by atoms with Gasteiger partial charge in [0, 0.05) is 36.7 Å². The van der Waals surface area contributed by atoms with Crippen molar-refractivity contribution < 1.29 is 9.53 Å². The molecule has 0 aliphatic carbocycles. The molecule has 0 spiro atoms. The Morgan fingerprint density at radius 1 is 1.16 bits per heavy atom. The lowest BCUT2D eigenvalue weighted by atomic mass is 9.96. The zero-order valence-electron chi connectivity index (χ0n) is 17.6. The van der Waals surface area contributed by atoms with E-state index in [1.807, 2.05) is 48.5 Å². The molecule has 1 aromatic heterocycles. The first-order chi connectivity index (χ1) is 15.1. The number of nitrogens with zero attached hydrogens (tertiary/aromatic N) is 3. The quantitative estimate of drug-likeness (QED) is 0.637. The van der Waals surface area contributed by atoms with Gasteiger partial charge in [-0.3, -0.25) is 9.69 Å². The zero-order chi connectivity index (χ0) is 21.6. The summed E-state index contributed by atoms with van der Waals surface area (Å²) in [5.41, 5.74) is 9.52. The maximum Gasteiger partial charge on any atom is 0.228 e. The topological polar surface area (TPSA) is 93.4 Å². The van der Waals surface area contributed by atoms with Gasteiger partial charge < -0.3 is 15.8 Å². The molecule has 1 aliphatic heterocycles. The summed E-state index contributed by atoms with van der Waals surface area (Å²) in [6.07, 6.45) is 5.37. The molecule has 0 unspecified atom stereocenters. The molecular formula is C24H27N5O2. The fraction of sp³-hybridized carbons (Fsp3) is 0.292. The summed E-state index contributed by atoms with van der Waals surface area (Å²) in [5, 5.41) is 3.07. The lowest BCUT2D eigenvalue weighted by molar-refractivity contribution is -0.121. The van der Waals surface area contributed by atoms with Gasteiger partial charge in [-0.15, -0.1) is 0 Å². The molecule has 2 aromatic carbocycles. The third kappa shape index (κ3) is 5.38. The Bertz CT molecular complexity index is 1020. The van der Waals surface area contributed by atoms with Gasteiger partial charge in [-0.25, -0.2) is 9.97 Å². The van der Waals surface area contributed by atoms with Gasteiger partial charge in [0.2, 0.25) is 11.9 Å². The summed E-state index contributed by atoms with van der Waals surface area (Å²) in [6.45, 7) is 2.40. The van der Waals surface area contributed by atoms with Gasteiger partial charge in [0.15, 0.2) is 0 Å². The molecule has 0 saturated carbocycles. The monoisotopic (exact) mass is 417 g/mol. The molecule has 3 aromatic rings. The molecule has 7 heteroatoms. The minimum absolute atomic E-state index is 0.0403. The minimum Gasteiger partial charge on any atom is -0.497 e. The Morgan fingerprint density at radius 3 is 2.68 bits per heavy atom. The number of nitrogens with two attached hydrogens (primary N) is 1. The normalized spacial score (nSPS) is 16.6. The van der Waals surface area contributed by atoms with E-state index in [2.05, 4.69) is 20.2 Å². The van der Waals surface area contributed by atoms with E-state index >= 15 is 0 Å². The number of aromatic nitrogens is 2. The number of nitrogen functional groups attached to an aromatic ring is 1. The average Bonchev–Trinajstić information content (AvgIpc) is 2.81. The standard InChI is InChI=1S/C24H27N5O2/c1-31-22-6-2-4-19(12-22)18-7-9-21(10-8-18)28-23(30)20-5-3-11-29(16-20)15-17-13-26-24(25)27-14-17/h2,4,6-10,12-14,20H,3,5,11,15-16H2,1H3,(H,28,30)(H2,25,26,27)/t20-/m1/s1. The van der Waals surface area contributed by atoms with Crippen molar-refractivity contribution in [3.05, 3.63) is 66.5 Å². The first-order valence-corrected chi connectivity index (χ1v) is 10.4. The molecule has 1 amide bonds. The van der Waals surface area contributed by atoms with E-state index in [4.69, 9.17) is 10.5 Å². The summed E-state index contributed by atoms with van der Waals surface area (Å²) in [6, 6.07) is 15.8. The molecule has 31 heavy (non-hydrogen) atoms. The molecule has 1 atom stereocenters.